The van der Waals surface area contributed by atoms with Gasteiger partial charge in [-0.05, 0) is 55.4 Å². The van der Waals surface area contributed by atoms with Gasteiger partial charge in [0.05, 0.1) is 16.4 Å². The minimum absolute atomic E-state index is 0.0841. The highest BCUT2D eigenvalue weighted by Gasteiger charge is 2.20. The van der Waals surface area contributed by atoms with Crippen molar-refractivity contribution in [3.63, 3.8) is 0 Å². The lowest BCUT2D eigenvalue weighted by Gasteiger charge is -2.23. The van der Waals surface area contributed by atoms with Crippen molar-refractivity contribution in [3.8, 4) is 0 Å². The molecule has 20 heavy (non-hydrogen) atoms. The van der Waals surface area contributed by atoms with Crippen molar-refractivity contribution in [2.24, 2.45) is 5.92 Å². The highest BCUT2D eigenvalue weighted by atomic mass is 35.5. The van der Waals surface area contributed by atoms with Crippen molar-refractivity contribution < 1.29 is 0 Å². The molecule has 1 unspecified atom stereocenters. The van der Waals surface area contributed by atoms with Gasteiger partial charge in [-0.2, -0.15) is 11.8 Å². The van der Waals surface area contributed by atoms with E-state index in [0.717, 1.165) is 34.3 Å². The SMILES string of the molecule is CC(Cl)c1nc2ccc(Cl)cc2n1CC1CCSCC1. The molecule has 108 valence electrons. The number of thioether (sulfide) groups is 1. The number of alkyl halides is 1. The Hall–Kier alpha value is -0.380. The highest BCUT2D eigenvalue weighted by molar-refractivity contribution is 7.99. The van der Waals surface area contributed by atoms with E-state index in [2.05, 4.69) is 21.3 Å². The van der Waals surface area contributed by atoms with Crippen LogP contribution in [0.5, 0.6) is 0 Å². The van der Waals surface area contributed by atoms with Crippen LogP contribution in [0.1, 0.15) is 31.0 Å². The van der Waals surface area contributed by atoms with Crippen molar-refractivity contribution in [2.75, 3.05) is 11.5 Å². The molecular formula is C15H18Cl2N2S. The maximum atomic E-state index is 6.32. The molecule has 1 aromatic carbocycles. The molecule has 0 amide bonds. The number of imidazole rings is 1. The van der Waals surface area contributed by atoms with E-state index in [1.165, 1.54) is 24.3 Å². The summed E-state index contributed by atoms with van der Waals surface area (Å²) in [4.78, 5) is 4.69. The maximum Gasteiger partial charge on any atom is 0.127 e. The lowest BCUT2D eigenvalue weighted by Crippen LogP contribution is -2.18. The summed E-state index contributed by atoms with van der Waals surface area (Å²) < 4.78 is 2.28. The number of fused-ring (bicyclic) bond motifs is 1. The summed E-state index contributed by atoms with van der Waals surface area (Å²) in [5.41, 5.74) is 2.10. The van der Waals surface area contributed by atoms with Crippen LogP contribution in [0.3, 0.4) is 0 Å². The molecule has 0 bridgehead atoms. The molecule has 1 saturated heterocycles. The normalized spacial score (nSPS) is 18.6. The number of aromatic nitrogens is 2. The monoisotopic (exact) mass is 328 g/mol. The van der Waals surface area contributed by atoms with Crippen LogP contribution in [0.4, 0.5) is 0 Å². The second-order valence-corrected chi connectivity index (χ2v) is 7.70. The Kier molecular flexibility index (Phi) is 4.49. The van der Waals surface area contributed by atoms with E-state index in [-0.39, 0.29) is 5.38 Å². The molecule has 0 saturated carbocycles. The summed E-state index contributed by atoms with van der Waals surface area (Å²) >= 11 is 14.5. The van der Waals surface area contributed by atoms with Gasteiger partial charge in [-0.1, -0.05) is 11.6 Å². The molecule has 1 aromatic heterocycles. The minimum atomic E-state index is -0.0841. The fourth-order valence-electron chi connectivity index (χ4n) is 2.80. The molecule has 1 atom stereocenters. The molecule has 2 heterocycles. The largest absolute Gasteiger partial charge is 0.326 e. The summed E-state index contributed by atoms with van der Waals surface area (Å²) in [6.45, 7) is 2.99. The van der Waals surface area contributed by atoms with Crippen LogP contribution < -0.4 is 0 Å². The zero-order chi connectivity index (χ0) is 14.1. The zero-order valence-electron chi connectivity index (χ0n) is 11.5. The number of rotatable bonds is 3. The third-order valence-electron chi connectivity index (χ3n) is 3.88. The lowest BCUT2D eigenvalue weighted by molar-refractivity contribution is 0.415. The van der Waals surface area contributed by atoms with E-state index in [0.29, 0.717) is 0 Å². The Bertz CT molecular complexity index is 603. The fraction of sp³-hybridized carbons (Fsp3) is 0.533. The van der Waals surface area contributed by atoms with Crippen molar-refractivity contribution in [1.29, 1.82) is 0 Å². The average molecular weight is 329 g/mol. The third kappa shape index (κ3) is 2.95. The molecule has 0 spiro atoms. The second-order valence-electron chi connectivity index (χ2n) is 5.39. The minimum Gasteiger partial charge on any atom is -0.326 e. The number of nitrogens with zero attached hydrogens (tertiary/aromatic N) is 2. The Morgan fingerprint density at radius 3 is 2.85 bits per heavy atom. The van der Waals surface area contributed by atoms with Gasteiger partial charge in [-0.25, -0.2) is 4.98 Å². The molecule has 1 aliphatic rings. The van der Waals surface area contributed by atoms with Gasteiger partial charge in [0.1, 0.15) is 5.82 Å². The molecule has 0 aliphatic carbocycles. The molecule has 3 rings (SSSR count). The van der Waals surface area contributed by atoms with E-state index >= 15 is 0 Å². The quantitative estimate of drug-likeness (QED) is 0.726. The van der Waals surface area contributed by atoms with Gasteiger partial charge in [-0.15, -0.1) is 11.6 Å². The molecule has 0 radical (unpaired) electrons. The van der Waals surface area contributed by atoms with Gasteiger partial charge in [0.2, 0.25) is 0 Å². The van der Waals surface area contributed by atoms with Crippen LogP contribution >= 0.6 is 35.0 Å². The standard InChI is InChI=1S/C15H18Cl2N2S/c1-10(16)15-18-13-3-2-12(17)8-14(13)19(15)9-11-4-6-20-7-5-11/h2-3,8,10-11H,4-7,9H2,1H3. The smallest absolute Gasteiger partial charge is 0.127 e. The summed E-state index contributed by atoms with van der Waals surface area (Å²) in [5.74, 6) is 4.22. The first-order valence-electron chi connectivity index (χ1n) is 7.02. The Labute approximate surface area is 133 Å². The van der Waals surface area contributed by atoms with E-state index in [1.807, 2.05) is 25.1 Å². The fourth-order valence-corrected chi connectivity index (χ4v) is 4.33. The average Bonchev–Trinajstić information content (AvgIpc) is 2.78. The molecule has 0 N–H and O–H groups in total. The first-order chi connectivity index (χ1) is 9.65. The maximum absolute atomic E-state index is 6.32. The molecular weight excluding hydrogens is 311 g/mol. The van der Waals surface area contributed by atoms with E-state index < -0.39 is 0 Å². The van der Waals surface area contributed by atoms with Gasteiger partial charge >= 0.3 is 0 Å². The van der Waals surface area contributed by atoms with Crippen LogP contribution in [0.15, 0.2) is 18.2 Å². The lowest BCUT2D eigenvalue weighted by atomic mass is 10.0. The van der Waals surface area contributed by atoms with Crippen LogP contribution in [0.25, 0.3) is 11.0 Å². The second kappa shape index (κ2) is 6.17. The van der Waals surface area contributed by atoms with E-state index in [1.54, 1.807) is 0 Å². The first kappa shape index (κ1) is 14.6. The molecule has 5 heteroatoms. The third-order valence-corrected chi connectivity index (χ3v) is 5.36. The number of halogens is 2. The number of benzene rings is 1. The van der Waals surface area contributed by atoms with Gasteiger partial charge in [0.15, 0.2) is 0 Å². The van der Waals surface area contributed by atoms with Crippen molar-refractivity contribution in [2.45, 2.75) is 31.7 Å². The van der Waals surface area contributed by atoms with Gasteiger partial charge in [0.25, 0.3) is 0 Å². The highest BCUT2D eigenvalue weighted by Crippen LogP contribution is 2.30. The topological polar surface area (TPSA) is 17.8 Å². The summed E-state index contributed by atoms with van der Waals surface area (Å²) in [7, 11) is 0. The van der Waals surface area contributed by atoms with Gasteiger partial charge in [0, 0.05) is 11.6 Å². The molecule has 1 fully saturated rings. The zero-order valence-corrected chi connectivity index (χ0v) is 13.8. The van der Waals surface area contributed by atoms with Gasteiger partial charge in [-0.3, -0.25) is 0 Å². The summed E-state index contributed by atoms with van der Waals surface area (Å²) in [5, 5.41) is 0.672. The van der Waals surface area contributed by atoms with E-state index in [9.17, 15) is 0 Å². The molecule has 2 aromatic rings. The summed E-state index contributed by atoms with van der Waals surface area (Å²) in [6, 6.07) is 5.87. The van der Waals surface area contributed by atoms with Crippen LogP contribution in [-0.4, -0.2) is 21.1 Å². The van der Waals surface area contributed by atoms with E-state index in [4.69, 9.17) is 23.2 Å². The molecule has 1 aliphatic heterocycles. The van der Waals surface area contributed by atoms with Crippen LogP contribution in [0, 0.1) is 5.92 Å². The number of hydrogen-bond donors (Lipinski definition) is 0. The number of hydrogen-bond acceptors (Lipinski definition) is 2. The van der Waals surface area contributed by atoms with Crippen molar-refractivity contribution in [3.05, 3.63) is 29.0 Å². The Morgan fingerprint density at radius 1 is 1.40 bits per heavy atom. The Morgan fingerprint density at radius 2 is 2.15 bits per heavy atom. The predicted molar refractivity (Wildman–Crippen MR) is 89.1 cm³/mol. The van der Waals surface area contributed by atoms with Crippen LogP contribution in [0.2, 0.25) is 5.02 Å². The van der Waals surface area contributed by atoms with Crippen LogP contribution in [-0.2, 0) is 6.54 Å². The first-order valence-corrected chi connectivity index (χ1v) is 8.99. The summed E-state index contributed by atoms with van der Waals surface area (Å²) in [6.07, 6.45) is 2.56. The predicted octanol–water partition coefficient (Wildman–Crippen LogP) is 5.13. The van der Waals surface area contributed by atoms with Gasteiger partial charge < -0.3 is 4.57 Å². The van der Waals surface area contributed by atoms with Crippen molar-refractivity contribution >= 4 is 46.0 Å². The molecule has 2 nitrogen and oxygen atoms in total. The Balaban J connectivity index is 2.01. The van der Waals surface area contributed by atoms with Crippen molar-refractivity contribution in [1.82, 2.24) is 9.55 Å².